The second kappa shape index (κ2) is 6.06. The Morgan fingerprint density at radius 1 is 1.48 bits per heavy atom. The number of nitro groups is 1. The molecular formula is C11H15N3O6S. The molecule has 0 radical (unpaired) electrons. The number of carboxylic acids is 1. The SMILES string of the molecule is CNS(=O)(=O)c1ccc(N(C)C(C)C(=O)O)c([N+](=O)[O-])c1. The molecule has 0 fully saturated rings. The highest BCUT2D eigenvalue weighted by Gasteiger charge is 2.26. The van der Waals surface area contributed by atoms with E-state index in [4.69, 9.17) is 5.11 Å². The lowest BCUT2D eigenvalue weighted by molar-refractivity contribution is -0.384. The maximum absolute atomic E-state index is 11.7. The molecule has 0 aliphatic carbocycles. The number of rotatable bonds is 6. The number of aliphatic carboxylic acids is 1. The maximum atomic E-state index is 11.7. The summed E-state index contributed by atoms with van der Waals surface area (Å²) in [7, 11) is -1.25. The number of nitrogens with zero attached hydrogens (tertiary/aromatic N) is 2. The van der Waals surface area contributed by atoms with Gasteiger partial charge in [0, 0.05) is 13.1 Å². The Morgan fingerprint density at radius 3 is 2.48 bits per heavy atom. The fourth-order valence-electron chi connectivity index (χ4n) is 1.61. The van der Waals surface area contributed by atoms with Crippen LogP contribution in [-0.4, -0.2) is 44.6 Å². The fraction of sp³-hybridized carbons (Fsp3) is 0.364. The van der Waals surface area contributed by atoms with Crippen molar-refractivity contribution in [2.75, 3.05) is 19.0 Å². The van der Waals surface area contributed by atoms with Gasteiger partial charge in [-0.05, 0) is 26.1 Å². The normalized spacial score (nSPS) is 12.7. The van der Waals surface area contributed by atoms with Crippen molar-refractivity contribution in [3.63, 3.8) is 0 Å². The Hall–Kier alpha value is -2.20. The minimum Gasteiger partial charge on any atom is -0.480 e. The molecule has 0 amide bonds. The van der Waals surface area contributed by atoms with Gasteiger partial charge in [0.2, 0.25) is 10.0 Å². The fourth-order valence-corrected chi connectivity index (χ4v) is 2.36. The van der Waals surface area contributed by atoms with Gasteiger partial charge in [-0.1, -0.05) is 0 Å². The van der Waals surface area contributed by atoms with Gasteiger partial charge in [0.25, 0.3) is 5.69 Å². The zero-order valence-electron chi connectivity index (χ0n) is 11.6. The van der Waals surface area contributed by atoms with Gasteiger partial charge in [-0.2, -0.15) is 0 Å². The van der Waals surface area contributed by atoms with Crippen molar-refractivity contribution in [1.29, 1.82) is 0 Å². The summed E-state index contributed by atoms with van der Waals surface area (Å²) in [6, 6.07) is 2.28. The van der Waals surface area contributed by atoms with Crippen LogP contribution in [0.5, 0.6) is 0 Å². The molecule has 1 rings (SSSR count). The Labute approximate surface area is 121 Å². The van der Waals surface area contributed by atoms with Gasteiger partial charge in [-0.25, -0.2) is 17.9 Å². The number of nitro benzene ring substituents is 1. The van der Waals surface area contributed by atoms with Gasteiger partial charge in [0.15, 0.2) is 0 Å². The maximum Gasteiger partial charge on any atom is 0.326 e. The molecule has 0 saturated carbocycles. The van der Waals surface area contributed by atoms with Crippen LogP contribution in [0.15, 0.2) is 23.1 Å². The van der Waals surface area contributed by atoms with Crippen molar-refractivity contribution in [2.45, 2.75) is 17.9 Å². The summed E-state index contributed by atoms with van der Waals surface area (Å²) in [5.74, 6) is -1.15. The van der Waals surface area contributed by atoms with E-state index in [1.807, 2.05) is 0 Å². The molecule has 0 saturated heterocycles. The quantitative estimate of drug-likeness (QED) is 0.574. The topological polar surface area (TPSA) is 130 Å². The van der Waals surface area contributed by atoms with Crippen LogP contribution in [0, 0.1) is 10.1 Å². The second-order valence-electron chi connectivity index (χ2n) is 4.24. The van der Waals surface area contributed by atoms with E-state index in [2.05, 4.69) is 4.72 Å². The van der Waals surface area contributed by atoms with Crippen LogP contribution in [0.3, 0.4) is 0 Å². The molecule has 1 aromatic rings. The van der Waals surface area contributed by atoms with Crippen LogP contribution in [0.1, 0.15) is 6.92 Å². The number of likely N-dealkylation sites (N-methyl/N-ethyl adjacent to an activating group) is 1. The van der Waals surface area contributed by atoms with E-state index in [9.17, 15) is 23.3 Å². The van der Waals surface area contributed by atoms with Gasteiger partial charge >= 0.3 is 5.97 Å². The van der Waals surface area contributed by atoms with E-state index in [0.29, 0.717) is 0 Å². The van der Waals surface area contributed by atoms with E-state index in [1.54, 1.807) is 0 Å². The number of anilines is 1. The summed E-state index contributed by atoms with van der Waals surface area (Å²) in [5.41, 5.74) is -0.466. The van der Waals surface area contributed by atoms with Crippen LogP contribution in [0.4, 0.5) is 11.4 Å². The molecule has 0 aromatic heterocycles. The molecule has 9 nitrogen and oxygen atoms in total. The zero-order chi connectivity index (χ0) is 16.4. The largest absolute Gasteiger partial charge is 0.480 e. The Bertz CT molecular complexity index is 673. The monoisotopic (exact) mass is 317 g/mol. The first-order valence-electron chi connectivity index (χ1n) is 5.79. The Balaban J connectivity index is 3.43. The van der Waals surface area contributed by atoms with Crippen molar-refractivity contribution in [1.82, 2.24) is 4.72 Å². The Morgan fingerprint density at radius 2 is 2.05 bits per heavy atom. The molecule has 116 valence electrons. The average molecular weight is 317 g/mol. The lowest BCUT2D eigenvalue weighted by Gasteiger charge is -2.23. The van der Waals surface area contributed by atoms with E-state index in [1.165, 1.54) is 38.1 Å². The molecule has 0 aliphatic rings. The summed E-state index contributed by atoms with van der Waals surface area (Å²) in [6.07, 6.45) is 0. The first-order chi connectivity index (χ1) is 9.61. The van der Waals surface area contributed by atoms with Crippen molar-refractivity contribution in [3.8, 4) is 0 Å². The minimum absolute atomic E-state index is 0.0185. The van der Waals surface area contributed by atoms with Gasteiger partial charge in [0.05, 0.1) is 9.82 Å². The lowest BCUT2D eigenvalue weighted by atomic mass is 10.2. The minimum atomic E-state index is -3.82. The number of hydrogen-bond donors (Lipinski definition) is 2. The molecule has 0 aliphatic heterocycles. The molecule has 2 N–H and O–H groups in total. The summed E-state index contributed by atoms with van der Waals surface area (Å²) < 4.78 is 25.4. The molecule has 1 aromatic carbocycles. The van der Waals surface area contributed by atoms with Crippen LogP contribution in [0.25, 0.3) is 0 Å². The number of sulfonamides is 1. The predicted molar refractivity (Wildman–Crippen MR) is 74.8 cm³/mol. The third-order valence-corrected chi connectivity index (χ3v) is 4.45. The van der Waals surface area contributed by atoms with E-state index >= 15 is 0 Å². The standard InChI is InChI=1S/C11H15N3O6S/c1-7(11(15)16)13(3)9-5-4-8(21(19,20)12-2)6-10(9)14(17)18/h4-7,12H,1-3H3,(H,15,16). The van der Waals surface area contributed by atoms with Crippen molar-refractivity contribution in [2.24, 2.45) is 0 Å². The van der Waals surface area contributed by atoms with Crippen LogP contribution >= 0.6 is 0 Å². The van der Waals surface area contributed by atoms with Gasteiger partial charge in [0.1, 0.15) is 11.7 Å². The Kier molecular flexibility index (Phi) is 4.86. The summed E-state index contributed by atoms with van der Waals surface area (Å²) >= 11 is 0. The van der Waals surface area contributed by atoms with Crippen LogP contribution in [0.2, 0.25) is 0 Å². The van der Waals surface area contributed by atoms with Gasteiger partial charge < -0.3 is 10.0 Å². The number of benzene rings is 1. The summed E-state index contributed by atoms with van der Waals surface area (Å²) in [6.45, 7) is 1.37. The smallest absolute Gasteiger partial charge is 0.326 e. The zero-order valence-corrected chi connectivity index (χ0v) is 12.4. The molecule has 0 bridgehead atoms. The number of carbonyl (C=O) groups is 1. The summed E-state index contributed by atoms with van der Waals surface area (Å²) in [4.78, 5) is 22.2. The highest BCUT2D eigenvalue weighted by atomic mass is 32.2. The molecule has 21 heavy (non-hydrogen) atoms. The number of nitrogens with one attached hydrogen (secondary N) is 1. The summed E-state index contributed by atoms with van der Waals surface area (Å²) in [5, 5.41) is 20.1. The molecule has 10 heteroatoms. The number of carboxylic acid groups (broad SMARTS) is 1. The van der Waals surface area contributed by atoms with Gasteiger partial charge in [-0.3, -0.25) is 10.1 Å². The first kappa shape index (κ1) is 16.9. The van der Waals surface area contributed by atoms with Crippen molar-refractivity contribution < 1.29 is 23.2 Å². The van der Waals surface area contributed by atoms with Crippen LogP contribution in [-0.2, 0) is 14.8 Å². The molecule has 0 heterocycles. The average Bonchev–Trinajstić information content (AvgIpc) is 2.44. The third-order valence-electron chi connectivity index (χ3n) is 3.04. The molecular weight excluding hydrogens is 302 g/mol. The first-order valence-corrected chi connectivity index (χ1v) is 7.27. The highest BCUT2D eigenvalue weighted by molar-refractivity contribution is 7.89. The van der Waals surface area contributed by atoms with Crippen molar-refractivity contribution >= 4 is 27.4 Å². The van der Waals surface area contributed by atoms with E-state index < -0.39 is 32.6 Å². The lowest BCUT2D eigenvalue weighted by Crippen LogP contribution is -2.36. The molecule has 1 unspecified atom stereocenters. The molecule has 0 spiro atoms. The van der Waals surface area contributed by atoms with E-state index in [0.717, 1.165) is 6.07 Å². The second-order valence-corrected chi connectivity index (χ2v) is 6.13. The third kappa shape index (κ3) is 3.47. The van der Waals surface area contributed by atoms with Crippen LogP contribution < -0.4 is 9.62 Å². The van der Waals surface area contributed by atoms with Crippen molar-refractivity contribution in [3.05, 3.63) is 28.3 Å². The molecule has 1 atom stereocenters. The number of hydrogen-bond acceptors (Lipinski definition) is 6. The van der Waals surface area contributed by atoms with E-state index in [-0.39, 0.29) is 10.6 Å². The predicted octanol–water partition coefficient (Wildman–Crippen LogP) is 0.412. The highest BCUT2D eigenvalue weighted by Crippen LogP contribution is 2.31. The van der Waals surface area contributed by atoms with Gasteiger partial charge in [-0.15, -0.1) is 0 Å².